The number of ether oxygens (including phenoxy) is 2. The average molecular weight is 302 g/mol. The predicted molar refractivity (Wildman–Crippen MR) is 78.0 cm³/mol. The van der Waals surface area contributed by atoms with Gasteiger partial charge in [0.25, 0.3) is 5.91 Å². The van der Waals surface area contributed by atoms with Gasteiger partial charge in [-0.05, 0) is 25.0 Å². The molecule has 1 fully saturated rings. The highest BCUT2D eigenvalue weighted by atomic mass is 16.6. The SMILES string of the molecule is N#Cc1ccccc1OCC(=O)OCC(=O)NC1CCCC1. The van der Waals surface area contributed by atoms with E-state index in [1.807, 2.05) is 6.07 Å². The van der Waals surface area contributed by atoms with E-state index in [0.717, 1.165) is 25.7 Å². The van der Waals surface area contributed by atoms with Crippen LogP contribution in [0, 0.1) is 11.3 Å². The van der Waals surface area contributed by atoms with Gasteiger partial charge in [-0.1, -0.05) is 25.0 Å². The number of nitrogens with one attached hydrogen (secondary N) is 1. The molecule has 0 bridgehead atoms. The van der Waals surface area contributed by atoms with Gasteiger partial charge in [0, 0.05) is 6.04 Å². The summed E-state index contributed by atoms with van der Waals surface area (Å²) in [6, 6.07) is 8.77. The second kappa shape index (κ2) is 8.03. The Bertz CT molecular complexity index is 574. The summed E-state index contributed by atoms with van der Waals surface area (Å²) in [4.78, 5) is 23.2. The molecule has 1 aromatic rings. The molecule has 0 aromatic heterocycles. The fourth-order valence-electron chi connectivity index (χ4n) is 2.35. The molecule has 1 N–H and O–H groups in total. The van der Waals surface area contributed by atoms with E-state index in [0.29, 0.717) is 11.3 Å². The lowest BCUT2D eigenvalue weighted by Gasteiger charge is -2.12. The molecule has 0 atom stereocenters. The third-order valence-electron chi connectivity index (χ3n) is 3.44. The molecular weight excluding hydrogens is 284 g/mol. The van der Waals surface area contributed by atoms with E-state index in [1.54, 1.807) is 24.3 Å². The van der Waals surface area contributed by atoms with Crippen LogP contribution in [0.5, 0.6) is 5.75 Å². The van der Waals surface area contributed by atoms with Crippen molar-refractivity contribution in [3.8, 4) is 11.8 Å². The van der Waals surface area contributed by atoms with Gasteiger partial charge in [-0.2, -0.15) is 5.26 Å². The minimum Gasteiger partial charge on any atom is -0.481 e. The van der Waals surface area contributed by atoms with E-state index in [1.165, 1.54) is 0 Å². The number of hydrogen-bond donors (Lipinski definition) is 1. The molecular formula is C16H18N2O4. The van der Waals surface area contributed by atoms with Crippen molar-refractivity contribution >= 4 is 11.9 Å². The van der Waals surface area contributed by atoms with Gasteiger partial charge in [0.2, 0.25) is 0 Å². The zero-order valence-corrected chi connectivity index (χ0v) is 12.2. The Hall–Kier alpha value is -2.55. The van der Waals surface area contributed by atoms with Crippen LogP contribution < -0.4 is 10.1 Å². The number of hydrogen-bond acceptors (Lipinski definition) is 5. The molecule has 1 amide bonds. The van der Waals surface area contributed by atoms with Gasteiger partial charge >= 0.3 is 5.97 Å². The molecule has 1 aromatic carbocycles. The molecule has 6 nitrogen and oxygen atoms in total. The standard InChI is InChI=1S/C16H18N2O4/c17-9-12-5-1-4-8-14(12)21-11-16(20)22-10-15(19)18-13-6-2-3-7-13/h1,4-5,8,13H,2-3,6-7,10-11H2,(H,18,19). The zero-order chi connectivity index (χ0) is 15.8. The normalized spacial score (nSPS) is 14.1. The highest BCUT2D eigenvalue weighted by Gasteiger charge is 2.18. The quantitative estimate of drug-likeness (QED) is 0.805. The van der Waals surface area contributed by atoms with Crippen LogP contribution in [0.1, 0.15) is 31.2 Å². The van der Waals surface area contributed by atoms with Crippen molar-refractivity contribution in [1.82, 2.24) is 5.32 Å². The van der Waals surface area contributed by atoms with Gasteiger partial charge in [0.15, 0.2) is 13.2 Å². The highest BCUT2D eigenvalue weighted by Crippen LogP contribution is 2.17. The van der Waals surface area contributed by atoms with Crippen molar-refractivity contribution in [3.05, 3.63) is 29.8 Å². The van der Waals surface area contributed by atoms with Crippen molar-refractivity contribution in [2.45, 2.75) is 31.7 Å². The second-order valence-corrected chi connectivity index (χ2v) is 5.11. The van der Waals surface area contributed by atoms with Gasteiger partial charge in [0.05, 0.1) is 5.56 Å². The van der Waals surface area contributed by atoms with Crippen LogP contribution in [0.3, 0.4) is 0 Å². The van der Waals surface area contributed by atoms with Gasteiger partial charge < -0.3 is 14.8 Å². The van der Waals surface area contributed by atoms with E-state index in [4.69, 9.17) is 14.7 Å². The van der Waals surface area contributed by atoms with E-state index < -0.39 is 5.97 Å². The number of amides is 1. The van der Waals surface area contributed by atoms with Crippen LogP contribution in [0.2, 0.25) is 0 Å². The van der Waals surface area contributed by atoms with Crippen LogP contribution >= 0.6 is 0 Å². The Morgan fingerprint density at radius 1 is 1.23 bits per heavy atom. The monoisotopic (exact) mass is 302 g/mol. The number of nitriles is 1. The molecule has 0 heterocycles. The Morgan fingerprint density at radius 2 is 1.95 bits per heavy atom. The van der Waals surface area contributed by atoms with Crippen molar-refractivity contribution in [1.29, 1.82) is 5.26 Å². The molecule has 116 valence electrons. The smallest absolute Gasteiger partial charge is 0.344 e. The summed E-state index contributed by atoms with van der Waals surface area (Å²) in [7, 11) is 0. The Morgan fingerprint density at radius 3 is 2.68 bits per heavy atom. The minimum absolute atomic E-state index is 0.199. The first-order valence-electron chi connectivity index (χ1n) is 7.26. The minimum atomic E-state index is -0.644. The largest absolute Gasteiger partial charge is 0.481 e. The van der Waals surface area contributed by atoms with Crippen molar-refractivity contribution in [2.75, 3.05) is 13.2 Å². The summed E-state index contributed by atoms with van der Waals surface area (Å²) in [6.07, 6.45) is 4.20. The third kappa shape index (κ3) is 4.77. The van der Waals surface area contributed by atoms with Gasteiger partial charge in [-0.3, -0.25) is 4.79 Å². The second-order valence-electron chi connectivity index (χ2n) is 5.11. The lowest BCUT2D eigenvalue weighted by molar-refractivity contribution is -0.150. The lowest BCUT2D eigenvalue weighted by Crippen LogP contribution is -2.36. The first-order valence-corrected chi connectivity index (χ1v) is 7.26. The summed E-state index contributed by atoms with van der Waals surface area (Å²) in [6.45, 7) is -0.645. The van der Waals surface area contributed by atoms with E-state index in [-0.39, 0.29) is 25.2 Å². The number of benzene rings is 1. The molecule has 1 aliphatic rings. The molecule has 2 rings (SSSR count). The molecule has 0 saturated heterocycles. The molecule has 0 spiro atoms. The van der Waals surface area contributed by atoms with Crippen molar-refractivity contribution < 1.29 is 19.1 Å². The number of nitrogens with zero attached hydrogens (tertiary/aromatic N) is 1. The summed E-state index contributed by atoms with van der Waals surface area (Å²) in [5, 5.41) is 11.7. The van der Waals surface area contributed by atoms with Crippen LogP contribution in [0.25, 0.3) is 0 Å². The molecule has 6 heteroatoms. The third-order valence-corrected chi connectivity index (χ3v) is 3.44. The maximum atomic E-state index is 11.6. The first-order chi connectivity index (χ1) is 10.7. The van der Waals surface area contributed by atoms with Crippen LogP contribution in [-0.2, 0) is 14.3 Å². The number of carbonyl (C=O) groups excluding carboxylic acids is 2. The average Bonchev–Trinajstić information content (AvgIpc) is 3.04. The fraction of sp³-hybridized carbons (Fsp3) is 0.438. The maximum Gasteiger partial charge on any atom is 0.344 e. The van der Waals surface area contributed by atoms with E-state index in [2.05, 4.69) is 5.32 Å². The first kappa shape index (κ1) is 15.8. The molecule has 0 radical (unpaired) electrons. The van der Waals surface area contributed by atoms with Gasteiger partial charge in [-0.15, -0.1) is 0 Å². The van der Waals surface area contributed by atoms with Crippen LogP contribution in [0.4, 0.5) is 0 Å². The highest BCUT2D eigenvalue weighted by molar-refractivity contribution is 5.81. The van der Waals surface area contributed by atoms with E-state index in [9.17, 15) is 9.59 Å². The molecule has 22 heavy (non-hydrogen) atoms. The Balaban J connectivity index is 1.69. The van der Waals surface area contributed by atoms with Crippen LogP contribution in [0.15, 0.2) is 24.3 Å². The van der Waals surface area contributed by atoms with Crippen molar-refractivity contribution in [3.63, 3.8) is 0 Å². The molecule has 1 saturated carbocycles. The zero-order valence-electron chi connectivity index (χ0n) is 12.2. The Labute approximate surface area is 129 Å². The van der Waals surface area contributed by atoms with Crippen LogP contribution in [-0.4, -0.2) is 31.1 Å². The molecule has 0 aliphatic heterocycles. The summed E-state index contributed by atoms with van der Waals surface area (Å²) in [5.74, 6) is -0.621. The molecule has 1 aliphatic carbocycles. The van der Waals surface area contributed by atoms with Gasteiger partial charge in [-0.25, -0.2) is 4.79 Å². The predicted octanol–water partition coefficient (Wildman–Crippen LogP) is 1.54. The fourth-order valence-corrected chi connectivity index (χ4v) is 2.35. The van der Waals surface area contributed by atoms with E-state index >= 15 is 0 Å². The number of para-hydroxylation sites is 1. The Kier molecular flexibility index (Phi) is 5.78. The molecule has 0 unspecified atom stereocenters. The summed E-state index contributed by atoms with van der Waals surface area (Å²) < 4.78 is 10.1. The lowest BCUT2D eigenvalue weighted by atomic mass is 10.2. The number of carbonyl (C=O) groups is 2. The number of rotatable bonds is 6. The number of esters is 1. The summed E-state index contributed by atoms with van der Waals surface area (Å²) >= 11 is 0. The van der Waals surface area contributed by atoms with Gasteiger partial charge in [0.1, 0.15) is 11.8 Å². The topological polar surface area (TPSA) is 88.4 Å². The summed E-state index contributed by atoms with van der Waals surface area (Å²) in [5.41, 5.74) is 0.342. The van der Waals surface area contributed by atoms with Crippen molar-refractivity contribution in [2.24, 2.45) is 0 Å². The maximum absolute atomic E-state index is 11.6.